The van der Waals surface area contributed by atoms with E-state index in [1.807, 2.05) is 231 Å². The van der Waals surface area contributed by atoms with Gasteiger partial charge in [0, 0.05) is 131 Å². The molecule has 0 saturated heterocycles. The topological polar surface area (TPSA) is 155 Å². The van der Waals surface area contributed by atoms with Gasteiger partial charge in [-0.1, -0.05) is 211 Å². The standard InChI is InChI=1S/C29H26FN2O.2C23H14FN2O.C15H16N.2C14H14N.3Ir/c1-16(2)24-13-20(14-25(17(3)4)27(24)30)19-11-12-31-26(15-19)23-8-6-7-21-22-10-9-18(5)32-29(22)33-28(21)23;1-14-5-11-19-18-3-2-4-20(22(18)27-23(19)26-14)21-12-8-16(13-25-21)15-6-9-17(24)10-7-15;1-14-5-10-19-18-3-2-4-20(22(18)27-23(19)26-14)21-13-16(11-12-25-21)15-6-8-17(24)9-7-15;1-12(2)11-13-6-8-14(9-7-13)15-5-3-4-10-16-15;2*1-11(2)12-6-8-13(9-7-12)14-5-3-4-10-15-14;;;/h6-7,9-17H,1-5H3;2*2-3,5-13H,1H3;3-8,10,12H,11H2,1-2H3;2*3-8,10-11H,1-2H3;;;/q6*-1;;;. The first-order valence-corrected chi connectivity index (χ1v) is 44.7. The molecule has 0 fully saturated rings. The zero-order valence-electron chi connectivity index (χ0n) is 77.5. The first kappa shape index (κ1) is 99.9. The molecule has 0 N–H and O–H groups in total. The normalized spacial score (nSPS) is 11.0. The van der Waals surface area contributed by atoms with Crippen LogP contribution < -0.4 is 0 Å². The zero-order chi connectivity index (χ0) is 92.8. The SMILES string of the molecule is CC(C)Cc1c[c-]c(-c2ccccn2)cc1.CC(C)c1c[c-]c(-c2ccccn2)cc1.CC(C)c1c[c-]c(-c2ccccn2)cc1.Cc1ccc2c(n1)oc1c(-c3cc(-c4cc(C(C)C)c(F)c(C(C)C)c4)ccn3)[c-]ccc12.Cc1ccc2c(n1)oc1c(-c3cc(-c4ccc(F)cc4)ccn3)[c-]ccc12.Cc1ccc2c(n1)oc1c(-c3ccc(-c4ccc(F)cc4)cn3)[c-]ccc12.[Ir].[Ir].[Ir]. The van der Waals surface area contributed by atoms with Crippen molar-refractivity contribution in [2.45, 2.75) is 120 Å². The number of fused-ring (bicyclic) bond motifs is 9. The van der Waals surface area contributed by atoms with Crippen LogP contribution in [0.5, 0.6) is 0 Å². The molecule has 12 nitrogen and oxygen atoms in total. The quantitative estimate of drug-likeness (QED) is 0.0897. The summed E-state index contributed by atoms with van der Waals surface area (Å²) in [5.41, 5.74) is 28.6. The Bertz CT molecular complexity index is 7440. The Morgan fingerprint density at radius 3 is 1.00 bits per heavy atom. The number of benzene rings is 9. The van der Waals surface area contributed by atoms with Crippen molar-refractivity contribution in [2.24, 2.45) is 5.92 Å². The van der Waals surface area contributed by atoms with Crippen molar-refractivity contribution in [1.29, 1.82) is 0 Å². The molecule has 0 spiro atoms. The maximum absolute atomic E-state index is 15.1. The van der Waals surface area contributed by atoms with Crippen LogP contribution in [0.1, 0.15) is 138 Å². The number of hydrogen-bond donors (Lipinski definition) is 0. The molecule has 0 aliphatic carbocycles. The molecule has 0 amide bonds. The average molecular weight is 2320 g/mol. The minimum absolute atomic E-state index is 0. The molecule has 136 heavy (non-hydrogen) atoms. The van der Waals surface area contributed by atoms with E-state index < -0.39 is 0 Å². The molecule has 3 radical (unpaired) electrons. The van der Waals surface area contributed by atoms with Crippen molar-refractivity contribution < 1.29 is 86.7 Å². The van der Waals surface area contributed by atoms with Crippen LogP contribution in [0.4, 0.5) is 13.2 Å². The Labute approximate surface area is 833 Å². The van der Waals surface area contributed by atoms with Crippen molar-refractivity contribution in [3.05, 3.63) is 415 Å². The first-order valence-electron chi connectivity index (χ1n) is 44.7. The van der Waals surface area contributed by atoms with Crippen molar-refractivity contribution in [1.82, 2.24) is 44.9 Å². The van der Waals surface area contributed by atoms with Crippen LogP contribution in [0.3, 0.4) is 0 Å². The molecule has 0 aliphatic heterocycles. The third kappa shape index (κ3) is 24.0. The number of hydrogen-bond acceptors (Lipinski definition) is 12. The molecule has 0 bridgehead atoms. The van der Waals surface area contributed by atoms with Crippen LogP contribution in [-0.2, 0) is 66.7 Å². The van der Waals surface area contributed by atoms with Crippen LogP contribution in [0.15, 0.2) is 329 Å². The van der Waals surface area contributed by atoms with E-state index in [4.69, 9.17) is 13.3 Å². The van der Waals surface area contributed by atoms with Gasteiger partial charge in [0.1, 0.15) is 17.5 Å². The monoisotopic (exact) mass is 2320 g/mol. The minimum Gasteiger partial charge on any atom is -0.486 e. The summed E-state index contributed by atoms with van der Waals surface area (Å²) in [7, 11) is 0. The summed E-state index contributed by atoms with van der Waals surface area (Å²) in [6, 6.07) is 108. The Morgan fingerprint density at radius 2 is 0.662 bits per heavy atom. The maximum atomic E-state index is 15.1. The van der Waals surface area contributed by atoms with Crippen molar-refractivity contribution >= 4 is 66.2 Å². The fourth-order valence-corrected chi connectivity index (χ4v) is 15.6. The summed E-state index contributed by atoms with van der Waals surface area (Å²) in [6.45, 7) is 27.1. The van der Waals surface area contributed by atoms with Gasteiger partial charge in [-0.15, -0.1) is 161 Å². The molecular formula is C118H98F3Ir3N9O3-6. The molecule has 0 aliphatic rings. The number of nitrogens with zero attached hydrogens (tertiary/aromatic N) is 9. The first-order chi connectivity index (χ1) is 64.5. The Kier molecular flexibility index (Phi) is 33.9. The van der Waals surface area contributed by atoms with Gasteiger partial charge in [-0.05, 0) is 214 Å². The molecule has 21 aromatic rings. The van der Waals surface area contributed by atoms with E-state index in [-0.39, 0.29) is 89.6 Å². The number of aryl methyl sites for hydroxylation is 3. The van der Waals surface area contributed by atoms with Gasteiger partial charge in [-0.25, -0.2) is 28.1 Å². The summed E-state index contributed by atoms with van der Waals surface area (Å²) >= 11 is 0. The second kappa shape index (κ2) is 46.1. The van der Waals surface area contributed by atoms with Gasteiger partial charge in [0.05, 0.1) is 16.7 Å². The summed E-state index contributed by atoms with van der Waals surface area (Å²) < 4.78 is 59.6. The predicted octanol–water partition coefficient (Wildman–Crippen LogP) is 31.2. The van der Waals surface area contributed by atoms with Crippen LogP contribution in [0, 0.1) is 80.5 Å². The molecule has 687 valence electrons. The summed E-state index contributed by atoms with van der Waals surface area (Å²) in [5, 5.41) is 5.90. The summed E-state index contributed by atoms with van der Waals surface area (Å²) in [5.74, 6) is 1.39. The second-order valence-corrected chi connectivity index (χ2v) is 34.3. The van der Waals surface area contributed by atoms with Crippen molar-refractivity contribution in [3.63, 3.8) is 0 Å². The van der Waals surface area contributed by atoms with Crippen LogP contribution >= 0.6 is 0 Å². The summed E-state index contributed by atoms with van der Waals surface area (Å²) in [6.07, 6.45) is 11.8. The number of rotatable bonds is 15. The van der Waals surface area contributed by atoms with Gasteiger partial charge in [-0.3, -0.25) is 0 Å². The van der Waals surface area contributed by atoms with Gasteiger partial charge < -0.3 is 43.2 Å². The molecule has 9 aromatic carbocycles. The minimum atomic E-state index is -0.254. The van der Waals surface area contributed by atoms with E-state index in [9.17, 15) is 8.78 Å². The largest absolute Gasteiger partial charge is 0.486 e. The fraction of sp³-hybridized carbons (Fsp3) is 0.161. The molecule has 12 heterocycles. The van der Waals surface area contributed by atoms with Gasteiger partial charge in [0.2, 0.25) is 17.1 Å². The zero-order valence-corrected chi connectivity index (χ0v) is 84.7. The molecule has 0 unspecified atom stereocenters. The smallest absolute Gasteiger partial charge is 0.216 e. The van der Waals surface area contributed by atoms with E-state index in [0.717, 1.165) is 179 Å². The fourth-order valence-electron chi connectivity index (χ4n) is 15.6. The second-order valence-electron chi connectivity index (χ2n) is 34.3. The van der Waals surface area contributed by atoms with Crippen LogP contribution in [0.2, 0.25) is 0 Å². The van der Waals surface area contributed by atoms with Crippen molar-refractivity contribution in [2.75, 3.05) is 0 Å². The number of furan rings is 3. The third-order valence-corrected chi connectivity index (χ3v) is 22.8. The van der Waals surface area contributed by atoms with Gasteiger partial charge in [0.25, 0.3) is 0 Å². The molecule has 0 saturated carbocycles. The van der Waals surface area contributed by atoms with Crippen LogP contribution in [0.25, 0.3) is 167 Å². The number of pyridine rings is 9. The van der Waals surface area contributed by atoms with E-state index >= 15 is 4.39 Å². The molecule has 0 atom stereocenters. The average Bonchev–Trinajstić information content (AvgIpc) is 1.58. The van der Waals surface area contributed by atoms with E-state index in [1.165, 1.54) is 41.0 Å². The van der Waals surface area contributed by atoms with Gasteiger partial charge in [0.15, 0.2) is 0 Å². The predicted molar refractivity (Wildman–Crippen MR) is 532 cm³/mol. The van der Waals surface area contributed by atoms with E-state index in [2.05, 4.69) is 177 Å². The van der Waals surface area contributed by atoms with Gasteiger partial charge in [-0.2, -0.15) is 0 Å². The van der Waals surface area contributed by atoms with Gasteiger partial charge >= 0.3 is 0 Å². The van der Waals surface area contributed by atoms with E-state index in [0.29, 0.717) is 40.5 Å². The Morgan fingerprint density at radius 1 is 0.294 bits per heavy atom. The number of aromatic nitrogens is 9. The molecule has 21 rings (SSSR count). The van der Waals surface area contributed by atoms with Crippen molar-refractivity contribution in [3.8, 4) is 101 Å². The molecule has 12 aromatic heterocycles. The maximum Gasteiger partial charge on any atom is 0.216 e. The Hall–Kier alpha value is -13.5. The Balaban J connectivity index is 0.000000141. The van der Waals surface area contributed by atoms with E-state index in [1.54, 1.807) is 55.2 Å². The van der Waals surface area contributed by atoms with Crippen LogP contribution in [-0.4, -0.2) is 44.9 Å². The molecule has 18 heteroatoms. The molecular weight excluding hydrogens is 2230 g/mol. The number of halogens is 3. The summed E-state index contributed by atoms with van der Waals surface area (Å²) in [4.78, 5) is 40.1. The third-order valence-electron chi connectivity index (χ3n) is 22.8.